The molecule has 0 saturated carbocycles. The van der Waals surface area contributed by atoms with Gasteiger partial charge in [-0.05, 0) is 37.5 Å². The molecule has 7 heteroatoms. The number of carbonyl (C=O) groups excluding carboxylic acids is 2. The summed E-state index contributed by atoms with van der Waals surface area (Å²) in [4.78, 5) is 26.4. The highest BCUT2D eigenvalue weighted by atomic mass is 16.5. The first-order valence-corrected chi connectivity index (χ1v) is 9.44. The maximum absolute atomic E-state index is 12.4. The number of aryl methyl sites for hydroxylation is 2. The van der Waals surface area contributed by atoms with Gasteiger partial charge in [0, 0.05) is 31.2 Å². The van der Waals surface area contributed by atoms with Crippen molar-refractivity contribution in [3.63, 3.8) is 0 Å². The lowest BCUT2D eigenvalue weighted by molar-refractivity contribution is -0.119. The molecule has 1 saturated heterocycles. The van der Waals surface area contributed by atoms with Crippen LogP contribution < -0.4 is 10.2 Å². The molecule has 2 amide bonds. The molecule has 1 aromatic heterocycles. The van der Waals surface area contributed by atoms with Gasteiger partial charge in [0.25, 0.3) is 5.91 Å². The third kappa shape index (κ3) is 3.88. The van der Waals surface area contributed by atoms with Crippen molar-refractivity contribution in [1.82, 2.24) is 15.1 Å². The highest BCUT2D eigenvalue weighted by molar-refractivity contribution is 5.95. The second-order valence-electron chi connectivity index (χ2n) is 7.14. The Kier molecular flexibility index (Phi) is 4.94. The Morgan fingerprint density at radius 2 is 2.15 bits per heavy atom. The first-order chi connectivity index (χ1) is 13.1. The molecule has 7 nitrogen and oxygen atoms in total. The summed E-state index contributed by atoms with van der Waals surface area (Å²) >= 11 is 0. The molecule has 1 unspecified atom stereocenters. The number of hydrogen-bond acceptors (Lipinski definition) is 4. The average molecular weight is 368 g/mol. The summed E-state index contributed by atoms with van der Waals surface area (Å²) in [5, 5.41) is 7.35. The number of nitrogens with one attached hydrogen (secondary N) is 1. The number of rotatable bonds is 5. The van der Waals surface area contributed by atoms with Crippen molar-refractivity contribution in [2.75, 3.05) is 18.1 Å². The SMILES string of the molecule is Cc1cc2n(n1)CCC(=O)N2Cc1ccc(C(=O)NCC2CCCO2)cc1. The highest BCUT2D eigenvalue weighted by Gasteiger charge is 2.25. The molecule has 142 valence electrons. The minimum atomic E-state index is -0.0974. The van der Waals surface area contributed by atoms with E-state index in [0.29, 0.717) is 31.6 Å². The number of aromatic nitrogens is 2. The predicted molar refractivity (Wildman–Crippen MR) is 101 cm³/mol. The summed E-state index contributed by atoms with van der Waals surface area (Å²) in [6, 6.07) is 9.34. The van der Waals surface area contributed by atoms with Crippen LogP contribution >= 0.6 is 0 Å². The average Bonchev–Trinajstić information content (AvgIpc) is 3.31. The highest BCUT2D eigenvalue weighted by Crippen LogP contribution is 2.24. The van der Waals surface area contributed by atoms with E-state index in [-0.39, 0.29) is 17.9 Å². The Bertz CT molecular complexity index is 837. The van der Waals surface area contributed by atoms with Crippen molar-refractivity contribution in [3.8, 4) is 0 Å². The van der Waals surface area contributed by atoms with E-state index in [4.69, 9.17) is 4.74 Å². The summed E-state index contributed by atoms with van der Waals surface area (Å²) in [7, 11) is 0. The van der Waals surface area contributed by atoms with E-state index in [0.717, 1.165) is 36.5 Å². The molecule has 3 heterocycles. The van der Waals surface area contributed by atoms with Crippen LogP contribution in [0.5, 0.6) is 0 Å². The molecule has 1 N–H and O–H groups in total. The molecular formula is C20H24N4O3. The summed E-state index contributed by atoms with van der Waals surface area (Å²) < 4.78 is 7.40. The van der Waals surface area contributed by atoms with Crippen LogP contribution in [0.25, 0.3) is 0 Å². The molecule has 2 aliphatic rings. The predicted octanol–water partition coefficient (Wildman–Crippen LogP) is 2.04. The van der Waals surface area contributed by atoms with E-state index in [1.54, 1.807) is 17.0 Å². The number of carbonyl (C=O) groups is 2. The van der Waals surface area contributed by atoms with Gasteiger partial charge in [-0.25, -0.2) is 4.68 Å². The number of benzene rings is 1. The molecule has 0 radical (unpaired) electrons. The number of anilines is 1. The first-order valence-electron chi connectivity index (χ1n) is 9.44. The second kappa shape index (κ2) is 7.52. The van der Waals surface area contributed by atoms with Gasteiger partial charge in [-0.1, -0.05) is 12.1 Å². The summed E-state index contributed by atoms with van der Waals surface area (Å²) in [5.74, 6) is 0.836. The molecule has 1 aromatic carbocycles. The van der Waals surface area contributed by atoms with Crippen molar-refractivity contribution in [1.29, 1.82) is 0 Å². The van der Waals surface area contributed by atoms with E-state index in [9.17, 15) is 9.59 Å². The Hall–Kier alpha value is -2.67. The van der Waals surface area contributed by atoms with Gasteiger partial charge in [0.1, 0.15) is 5.82 Å². The van der Waals surface area contributed by atoms with Gasteiger partial charge in [0.15, 0.2) is 0 Å². The van der Waals surface area contributed by atoms with Crippen molar-refractivity contribution in [2.45, 2.75) is 45.4 Å². The maximum atomic E-state index is 12.4. The van der Waals surface area contributed by atoms with Gasteiger partial charge < -0.3 is 10.1 Å². The number of fused-ring (bicyclic) bond motifs is 1. The fourth-order valence-corrected chi connectivity index (χ4v) is 3.61. The van der Waals surface area contributed by atoms with E-state index >= 15 is 0 Å². The Morgan fingerprint density at radius 3 is 2.89 bits per heavy atom. The number of amides is 2. The molecule has 4 rings (SSSR count). The Morgan fingerprint density at radius 1 is 1.33 bits per heavy atom. The quantitative estimate of drug-likeness (QED) is 0.876. The van der Waals surface area contributed by atoms with Crippen LogP contribution in [0.15, 0.2) is 30.3 Å². The van der Waals surface area contributed by atoms with Gasteiger partial charge >= 0.3 is 0 Å². The molecule has 27 heavy (non-hydrogen) atoms. The number of ether oxygens (including phenoxy) is 1. The summed E-state index contributed by atoms with van der Waals surface area (Å²) in [6.07, 6.45) is 2.64. The summed E-state index contributed by atoms with van der Waals surface area (Å²) in [5.41, 5.74) is 2.50. The fraction of sp³-hybridized carbons (Fsp3) is 0.450. The van der Waals surface area contributed by atoms with Crippen LogP contribution in [0, 0.1) is 6.92 Å². The third-order valence-electron chi connectivity index (χ3n) is 5.07. The van der Waals surface area contributed by atoms with E-state index < -0.39 is 0 Å². The Balaban J connectivity index is 1.40. The topological polar surface area (TPSA) is 76.5 Å². The van der Waals surface area contributed by atoms with Crippen molar-refractivity contribution in [2.24, 2.45) is 0 Å². The first kappa shape index (κ1) is 17.7. The molecule has 0 bridgehead atoms. The van der Waals surface area contributed by atoms with Gasteiger partial charge in [0.05, 0.1) is 24.9 Å². The largest absolute Gasteiger partial charge is 0.376 e. The summed E-state index contributed by atoms with van der Waals surface area (Å²) in [6.45, 7) is 4.36. The van der Waals surface area contributed by atoms with E-state index in [2.05, 4.69) is 10.4 Å². The van der Waals surface area contributed by atoms with Crippen LogP contribution in [-0.2, 0) is 22.6 Å². The van der Waals surface area contributed by atoms with Crippen molar-refractivity contribution >= 4 is 17.6 Å². The van der Waals surface area contributed by atoms with Crippen LogP contribution in [0.2, 0.25) is 0 Å². The second-order valence-corrected chi connectivity index (χ2v) is 7.14. The third-order valence-corrected chi connectivity index (χ3v) is 5.07. The zero-order valence-electron chi connectivity index (χ0n) is 15.5. The monoisotopic (exact) mass is 368 g/mol. The molecule has 0 aliphatic carbocycles. The van der Waals surface area contributed by atoms with Crippen molar-refractivity contribution < 1.29 is 14.3 Å². The minimum absolute atomic E-state index is 0.0974. The van der Waals surface area contributed by atoms with Crippen LogP contribution in [0.1, 0.15) is 40.9 Å². The van der Waals surface area contributed by atoms with Gasteiger partial charge in [-0.2, -0.15) is 5.10 Å². The van der Waals surface area contributed by atoms with Crippen LogP contribution in [0.3, 0.4) is 0 Å². The lowest BCUT2D eigenvalue weighted by atomic mass is 10.1. The molecule has 2 aliphatic heterocycles. The van der Waals surface area contributed by atoms with Crippen LogP contribution in [-0.4, -0.2) is 40.9 Å². The number of nitrogens with zero attached hydrogens (tertiary/aromatic N) is 3. The lowest BCUT2D eigenvalue weighted by Gasteiger charge is -2.27. The molecule has 1 atom stereocenters. The lowest BCUT2D eigenvalue weighted by Crippen LogP contribution is -2.37. The van der Waals surface area contributed by atoms with Gasteiger partial charge in [0.2, 0.25) is 5.91 Å². The molecule has 1 fully saturated rings. The normalized spacial score (nSPS) is 19.2. The van der Waals surface area contributed by atoms with Gasteiger partial charge in [-0.15, -0.1) is 0 Å². The van der Waals surface area contributed by atoms with Crippen LogP contribution in [0.4, 0.5) is 5.82 Å². The fourth-order valence-electron chi connectivity index (χ4n) is 3.61. The van der Waals surface area contributed by atoms with Crippen molar-refractivity contribution in [3.05, 3.63) is 47.2 Å². The van der Waals surface area contributed by atoms with E-state index in [1.807, 2.05) is 29.8 Å². The molecular weight excluding hydrogens is 344 g/mol. The van der Waals surface area contributed by atoms with Gasteiger partial charge in [-0.3, -0.25) is 14.5 Å². The number of hydrogen-bond donors (Lipinski definition) is 1. The standard InChI is InChI=1S/C20H24N4O3/c1-14-11-18-23(19(25)8-9-24(18)22-14)13-15-4-6-16(7-5-15)20(26)21-12-17-3-2-10-27-17/h4-7,11,17H,2-3,8-10,12-13H2,1H3,(H,21,26). The zero-order valence-corrected chi connectivity index (χ0v) is 15.5. The smallest absolute Gasteiger partial charge is 0.251 e. The molecule has 0 spiro atoms. The van der Waals surface area contributed by atoms with E-state index in [1.165, 1.54) is 0 Å². The molecule has 2 aromatic rings. The minimum Gasteiger partial charge on any atom is -0.376 e. The Labute approximate surface area is 158 Å². The maximum Gasteiger partial charge on any atom is 0.251 e. The zero-order chi connectivity index (χ0) is 18.8.